The number of hydrogen-bond acceptors (Lipinski definition) is 2. The molecule has 2 aromatic rings. The fourth-order valence-corrected chi connectivity index (χ4v) is 1.79. The minimum absolute atomic E-state index is 0.283. The zero-order valence-corrected chi connectivity index (χ0v) is 9.30. The van der Waals surface area contributed by atoms with Gasteiger partial charge in [-0.3, -0.25) is 4.79 Å². The van der Waals surface area contributed by atoms with Gasteiger partial charge in [-0.05, 0) is 5.56 Å². The third kappa shape index (κ3) is 1.99. The first-order chi connectivity index (χ1) is 8.13. The fourth-order valence-electron chi connectivity index (χ4n) is 1.79. The highest BCUT2D eigenvalue weighted by Gasteiger charge is 2.11. The Kier molecular flexibility index (Phi) is 2.82. The van der Waals surface area contributed by atoms with Crippen molar-refractivity contribution in [3.8, 4) is 0 Å². The molecule has 1 amide bonds. The predicted octanol–water partition coefficient (Wildman–Crippen LogP) is 2.09. The number of nitrogens with zero attached hydrogens (tertiary/aromatic N) is 1. The molecule has 0 atom stereocenters. The molecular formula is C12H12N2O3. The van der Waals surface area contributed by atoms with Gasteiger partial charge in [-0.1, -0.05) is 18.2 Å². The first-order valence-electron chi connectivity index (χ1n) is 5.11. The summed E-state index contributed by atoms with van der Waals surface area (Å²) < 4.78 is 0. The predicted molar refractivity (Wildman–Crippen MR) is 63.2 cm³/mol. The number of rotatable bonds is 3. The molecule has 0 unspecified atom stereocenters. The number of hydrogen-bond donors (Lipinski definition) is 2. The summed E-state index contributed by atoms with van der Waals surface area (Å²) in [6.45, 7) is 0.283. The number of aldehydes is 1. The highest BCUT2D eigenvalue weighted by Crippen LogP contribution is 2.21. The van der Waals surface area contributed by atoms with Crippen molar-refractivity contribution in [1.82, 2.24) is 9.88 Å². The van der Waals surface area contributed by atoms with Crippen LogP contribution in [0.2, 0.25) is 0 Å². The van der Waals surface area contributed by atoms with Gasteiger partial charge in [0, 0.05) is 24.2 Å². The van der Waals surface area contributed by atoms with Crippen molar-refractivity contribution >= 4 is 23.3 Å². The lowest BCUT2D eigenvalue weighted by atomic mass is 10.1. The fraction of sp³-hybridized carbons (Fsp3) is 0.167. The number of para-hydroxylation sites is 1. The van der Waals surface area contributed by atoms with Gasteiger partial charge in [0.25, 0.3) is 0 Å². The van der Waals surface area contributed by atoms with Gasteiger partial charge in [-0.25, -0.2) is 4.79 Å². The van der Waals surface area contributed by atoms with Crippen LogP contribution in [0.4, 0.5) is 4.79 Å². The lowest BCUT2D eigenvalue weighted by Crippen LogP contribution is -2.23. The largest absolute Gasteiger partial charge is 0.465 e. The van der Waals surface area contributed by atoms with Crippen LogP contribution in [0, 0.1) is 0 Å². The Morgan fingerprint density at radius 2 is 2.29 bits per heavy atom. The van der Waals surface area contributed by atoms with Crippen LogP contribution in [0.5, 0.6) is 0 Å². The van der Waals surface area contributed by atoms with E-state index >= 15 is 0 Å². The van der Waals surface area contributed by atoms with Crippen LogP contribution in [0.3, 0.4) is 0 Å². The van der Waals surface area contributed by atoms with Gasteiger partial charge in [-0.2, -0.15) is 0 Å². The maximum atomic E-state index is 10.8. The molecule has 0 saturated carbocycles. The standard InChI is InChI=1S/C12H12N2O3/c1-14(12(16)17)6-8-3-2-4-10-9(7-15)5-13-11(8)10/h2-5,7,13H,6H2,1H3,(H,16,17). The van der Waals surface area contributed by atoms with Crippen molar-refractivity contribution in [2.45, 2.75) is 6.54 Å². The quantitative estimate of drug-likeness (QED) is 0.796. The summed E-state index contributed by atoms with van der Waals surface area (Å²) in [7, 11) is 1.50. The molecule has 2 N–H and O–H groups in total. The Hall–Kier alpha value is -2.30. The molecule has 0 aliphatic rings. The van der Waals surface area contributed by atoms with Crippen molar-refractivity contribution in [2.24, 2.45) is 0 Å². The Balaban J connectivity index is 2.44. The second-order valence-corrected chi connectivity index (χ2v) is 3.84. The van der Waals surface area contributed by atoms with E-state index in [1.165, 1.54) is 11.9 Å². The van der Waals surface area contributed by atoms with Crippen LogP contribution in [-0.2, 0) is 6.54 Å². The topological polar surface area (TPSA) is 73.4 Å². The van der Waals surface area contributed by atoms with E-state index in [1.54, 1.807) is 6.20 Å². The summed E-state index contributed by atoms with van der Waals surface area (Å²) in [5.41, 5.74) is 2.24. The molecule has 0 bridgehead atoms. The van der Waals surface area contributed by atoms with E-state index in [4.69, 9.17) is 5.11 Å². The smallest absolute Gasteiger partial charge is 0.407 e. The van der Waals surface area contributed by atoms with Crippen LogP contribution in [-0.4, -0.2) is 34.4 Å². The number of carbonyl (C=O) groups excluding carboxylic acids is 1. The average molecular weight is 232 g/mol. The number of benzene rings is 1. The van der Waals surface area contributed by atoms with Gasteiger partial charge in [0.2, 0.25) is 0 Å². The van der Waals surface area contributed by atoms with E-state index < -0.39 is 6.09 Å². The van der Waals surface area contributed by atoms with E-state index in [2.05, 4.69) is 4.98 Å². The number of carboxylic acid groups (broad SMARTS) is 1. The minimum Gasteiger partial charge on any atom is -0.465 e. The van der Waals surface area contributed by atoms with Crippen LogP contribution < -0.4 is 0 Å². The number of nitrogens with one attached hydrogen (secondary N) is 1. The lowest BCUT2D eigenvalue weighted by molar-refractivity contribution is 0.112. The molecule has 0 aliphatic heterocycles. The molecular weight excluding hydrogens is 220 g/mol. The molecule has 17 heavy (non-hydrogen) atoms. The van der Waals surface area contributed by atoms with E-state index in [0.29, 0.717) is 5.56 Å². The van der Waals surface area contributed by atoms with Crippen molar-refractivity contribution in [3.05, 3.63) is 35.5 Å². The number of carbonyl (C=O) groups is 2. The molecule has 1 aromatic carbocycles. The zero-order valence-electron chi connectivity index (χ0n) is 9.30. The summed E-state index contributed by atoms with van der Waals surface area (Å²) in [4.78, 5) is 25.8. The Morgan fingerprint density at radius 3 is 2.94 bits per heavy atom. The van der Waals surface area contributed by atoms with E-state index in [0.717, 1.165) is 22.8 Å². The third-order valence-corrected chi connectivity index (χ3v) is 2.69. The number of H-pyrrole nitrogens is 1. The van der Waals surface area contributed by atoms with E-state index in [1.807, 2.05) is 18.2 Å². The maximum absolute atomic E-state index is 10.8. The number of amides is 1. The molecule has 88 valence electrons. The molecule has 0 aliphatic carbocycles. The maximum Gasteiger partial charge on any atom is 0.407 e. The summed E-state index contributed by atoms with van der Waals surface area (Å²) in [5.74, 6) is 0. The van der Waals surface area contributed by atoms with Gasteiger partial charge in [0.1, 0.15) is 0 Å². The molecule has 0 spiro atoms. The van der Waals surface area contributed by atoms with Gasteiger partial charge in [0.05, 0.1) is 12.1 Å². The average Bonchev–Trinajstić information content (AvgIpc) is 2.72. The minimum atomic E-state index is -0.982. The summed E-state index contributed by atoms with van der Waals surface area (Å²) >= 11 is 0. The molecule has 5 nitrogen and oxygen atoms in total. The van der Waals surface area contributed by atoms with Gasteiger partial charge in [-0.15, -0.1) is 0 Å². The van der Waals surface area contributed by atoms with Crippen LogP contribution >= 0.6 is 0 Å². The molecule has 5 heteroatoms. The van der Waals surface area contributed by atoms with Crippen molar-refractivity contribution in [1.29, 1.82) is 0 Å². The zero-order chi connectivity index (χ0) is 12.4. The lowest BCUT2D eigenvalue weighted by Gasteiger charge is -2.13. The molecule has 2 rings (SSSR count). The summed E-state index contributed by atoms with van der Waals surface area (Å²) in [6.07, 6.45) is 1.43. The van der Waals surface area contributed by atoms with Crippen LogP contribution in [0.15, 0.2) is 24.4 Å². The van der Waals surface area contributed by atoms with E-state index in [-0.39, 0.29) is 6.54 Å². The highest BCUT2D eigenvalue weighted by atomic mass is 16.4. The first-order valence-corrected chi connectivity index (χ1v) is 5.11. The Morgan fingerprint density at radius 1 is 1.53 bits per heavy atom. The number of aromatic nitrogens is 1. The molecule has 0 radical (unpaired) electrons. The number of aromatic amines is 1. The third-order valence-electron chi connectivity index (χ3n) is 2.69. The molecule has 1 heterocycles. The Bertz CT molecular complexity index is 574. The second-order valence-electron chi connectivity index (χ2n) is 3.84. The van der Waals surface area contributed by atoms with Crippen molar-refractivity contribution < 1.29 is 14.7 Å². The monoisotopic (exact) mass is 232 g/mol. The van der Waals surface area contributed by atoms with Crippen LogP contribution in [0.1, 0.15) is 15.9 Å². The second kappa shape index (κ2) is 4.29. The normalized spacial score (nSPS) is 10.4. The number of fused-ring (bicyclic) bond motifs is 1. The van der Waals surface area contributed by atoms with Gasteiger partial charge < -0.3 is 15.0 Å². The summed E-state index contributed by atoms with van der Waals surface area (Å²) in [6, 6.07) is 5.49. The van der Waals surface area contributed by atoms with Crippen molar-refractivity contribution in [3.63, 3.8) is 0 Å². The molecule has 1 aromatic heterocycles. The van der Waals surface area contributed by atoms with E-state index in [9.17, 15) is 9.59 Å². The first kappa shape index (κ1) is 11.2. The Labute approximate surface area is 97.7 Å². The van der Waals surface area contributed by atoms with Crippen molar-refractivity contribution in [2.75, 3.05) is 7.05 Å². The molecule has 0 fully saturated rings. The highest BCUT2D eigenvalue weighted by molar-refractivity contribution is 5.98. The SMILES string of the molecule is CN(Cc1cccc2c(C=O)c[nH]c12)C(=O)O. The van der Waals surface area contributed by atoms with Gasteiger partial charge >= 0.3 is 6.09 Å². The van der Waals surface area contributed by atoms with Crippen LogP contribution in [0.25, 0.3) is 10.9 Å². The van der Waals surface area contributed by atoms with Gasteiger partial charge in [0.15, 0.2) is 6.29 Å². The molecule has 0 saturated heterocycles. The summed E-state index contributed by atoms with van der Waals surface area (Å²) in [5, 5.41) is 9.64.